The molecule has 0 unspecified atom stereocenters. The molecule has 2 aliphatic rings. The molecule has 0 fully saturated rings. The van der Waals surface area contributed by atoms with Crippen LogP contribution in [-0.4, -0.2) is 32.9 Å². The fraction of sp³-hybridized carbons (Fsp3) is 0.111. The van der Waals surface area contributed by atoms with Gasteiger partial charge in [-0.15, -0.1) is 0 Å². The van der Waals surface area contributed by atoms with E-state index in [1.165, 1.54) is 0 Å². The minimum Gasteiger partial charge on any atom is -0.507 e. The van der Waals surface area contributed by atoms with E-state index in [1.54, 1.807) is 24.8 Å². The largest absolute Gasteiger partial charge is 4.00 e. The molecule has 0 bridgehead atoms. The third kappa shape index (κ3) is 4.20. The molecule has 0 atom stereocenters. The Morgan fingerprint density at radius 1 is 0.760 bits per heavy atom. The second kappa shape index (κ2) is 8.17. The molecule has 0 amide bonds. The number of aromatic nitrogens is 2. The Hall–Kier alpha value is -2.33. The molecule has 4 rings (SSSR count). The Kier molecular flexibility index (Phi) is 5.71. The van der Waals surface area contributed by atoms with Gasteiger partial charge in [0.1, 0.15) is 0 Å². The predicted molar refractivity (Wildman–Crippen MR) is 91.4 cm³/mol. The Morgan fingerprint density at radius 2 is 1.24 bits per heavy atom. The van der Waals surface area contributed by atoms with Crippen LogP contribution in [0.25, 0.3) is 0 Å². The molecule has 0 saturated heterocycles. The quantitative estimate of drug-likeness (QED) is 0.574. The molecule has 0 saturated carbocycles. The fourth-order valence-electron chi connectivity index (χ4n) is 2.48. The van der Waals surface area contributed by atoms with E-state index in [0.29, 0.717) is 0 Å². The number of nitrogens with zero attached hydrogens (tertiary/aromatic N) is 6. The first-order valence-electron chi connectivity index (χ1n) is 7.67. The first-order valence-corrected chi connectivity index (χ1v) is 7.67. The van der Waals surface area contributed by atoms with Crippen molar-refractivity contribution in [2.24, 2.45) is 0 Å². The minimum absolute atomic E-state index is 0. The van der Waals surface area contributed by atoms with Crippen molar-refractivity contribution in [2.75, 3.05) is 22.9 Å². The van der Waals surface area contributed by atoms with Crippen molar-refractivity contribution in [3.63, 3.8) is 0 Å². The van der Waals surface area contributed by atoms with Crippen molar-refractivity contribution in [1.82, 2.24) is 19.8 Å². The maximum atomic E-state index is 4.12. The summed E-state index contributed by atoms with van der Waals surface area (Å²) in [4.78, 5) is 16.5. The molecular weight excluding hydrogens is 495 g/mol. The van der Waals surface area contributed by atoms with Crippen molar-refractivity contribution in [3.8, 4) is 0 Å². The molecule has 0 radical (unpaired) electrons. The van der Waals surface area contributed by atoms with Gasteiger partial charge in [0.15, 0.2) is 0 Å². The summed E-state index contributed by atoms with van der Waals surface area (Å²) >= 11 is 0. The second-order valence-electron chi connectivity index (χ2n) is 5.36. The summed E-state index contributed by atoms with van der Waals surface area (Å²) in [5, 5.41) is 0. The van der Waals surface area contributed by atoms with Crippen LogP contribution in [0.4, 0.5) is 11.4 Å². The van der Waals surface area contributed by atoms with E-state index in [4.69, 9.17) is 0 Å². The van der Waals surface area contributed by atoms with Gasteiger partial charge in [0.05, 0.1) is 0 Å². The van der Waals surface area contributed by atoms with Gasteiger partial charge in [-0.25, -0.2) is 0 Å². The third-order valence-corrected chi connectivity index (χ3v) is 3.73. The number of hydrogen-bond donors (Lipinski definition) is 0. The van der Waals surface area contributed by atoms with Crippen molar-refractivity contribution in [3.05, 3.63) is 87.2 Å². The normalized spacial score (nSPS) is 15.8. The van der Waals surface area contributed by atoms with Crippen LogP contribution in [-0.2, 0) is 21.1 Å². The smallest absolute Gasteiger partial charge is 0.507 e. The third-order valence-electron chi connectivity index (χ3n) is 3.73. The second-order valence-corrected chi connectivity index (χ2v) is 5.36. The maximum absolute atomic E-state index is 4.12. The van der Waals surface area contributed by atoms with Crippen LogP contribution in [0.2, 0.25) is 0 Å². The van der Waals surface area contributed by atoms with Gasteiger partial charge < -0.3 is 29.6 Å². The number of pyridine rings is 2. The average Bonchev–Trinajstić information content (AvgIpc) is 3.31. The van der Waals surface area contributed by atoms with Crippen LogP contribution in [0.1, 0.15) is 0 Å². The van der Waals surface area contributed by atoms with E-state index in [2.05, 4.69) is 31.9 Å². The zero-order chi connectivity index (χ0) is 16.2. The van der Waals surface area contributed by atoms with Crippen LogP contribution in [0.5, 0.6) is 0 Å². The summed E-state index contributed by atoms with van der Waals surface area (Å²) in [5.74, 6) is 0. The molecule has 6 nitrogen and oxygen atoms in total. The minimum atomic E-state index is 0. The maximum Gasteiger partial charge on any atom is 4.00 e. The summed E-state index contributed by atoms with van der Waals surface area (Å²) in [7, 11) is 0. The van der Waals surface area contributed by atoms with Crippen molar-refractivity contribution in [1.29, 1.82) is 0 Å². The molecule has 2 aromatic rings. The van der Waals surface area contributed by atoms with Crippen molar-refractivity contribution in [2.45, 2.75) is 0 Å². The first kappa shape index (κ1) is 17.5. The number of rotatable bonds is 5. The zero-order valence-corrected chi connectivity index (χ0v) is 15.6. The van der Waals surface area contributed by atoms with E-state index >= 15 is 0 Å². The topological polar surface area (TPSA) is 38.7 Å². The van der Waals surface area contributed by atoms with E-state index in [9.17, 15) is 0 Å². The molecule has 128 valence electrons. The van der Waals surface area contributed by atoms with E-state index in [-0.39, 0.29) is 21.1 Å². The standard InChI is InChI=1S/C18H16N6.Pt/c1-3-17(13-19-5-1)23-11-9-21(15-23)7-8-22-10-12-24(16-22)18-4-2-6-20-14-18;/h1-2,5-6,9-16H,7-8H2;/q-4;+4. The summed E-state index contributed by atoms with van der Waals surface area (Å²) < 4.78 is 0. The van der Waals surface area contributed by atoms with Gasteiger partial charge in [0, 0.05) is 13.1 Å². The van der Waals surface area contributed by atoms with Gasteiger partial charge in [-0.1, -0.05) is 36.2 Å². The Labute approximate surface area is 162 Å². The van der Waals surface area contributed by atoms with Crippen molar-refractivity contribution >= 4 is 11.4 Å². The fourth-order valence-corrected chi connectivity index (χ4v) is 2.48. The van der Waals surface area contributed by atoms with E-state index in [1.807, 2.05) is 60.1 Å². The predicted octanol–water partition coefficient (Wildman–Crippen LogP) is 2.20. The summed E-state index contributed by atoms with van der Waals surface area (Å²) in [6, 6.07) is 9.95. The average molecular weight is 511 g/mol. The monoisotopic (exact) mass is 511 g/mol. The van der Waals surface area contributed by atoms with E-state index < -0.39 is 0 Å². The SMILES string of the molecule is [Pt+4].[c-]1ccncc1N1C=CN(CCN2C=CN(c3[c-]ccnc3)[CH-]2)[CH-]1. The molecule has 0 spiro atoms. The summed E-state index contributed by atoms with van der Waals surface area (Å²) in [5.41, 5.74) is 1.87. The van der Waals surface area contributed by atoms with Crippen LogP contribution in [0, 0.1) is 25.5 Å². The molecule has 2 aromatic heterocycles. The van der Waals surface area contributed by atoms with E-state index in [0.717, 1.165) is 24.5 Å². The van der Waals surface area contributed by atoms with Crippen molar-refractivity contribution < 1.29 is 21.1 Å². The van der Waals surface area contributed by atoms with Crippen LogP contribution >= 0.6 is 0 Å². The summed E-state index contributed by atoms with van der Waals surface area (Å²) in [6.07, 6.45) is 15.2. The van der Waals surface area contributed by atoms with Crippen LogP contribution < -0.4 is 9.80 Å². The molecule has 0 aromatic carbocycles. The molecule has 7 heteroatoms. The Balaban J connectivity index is 0.00000182. The van der Waals surface area contributed by atoms with Crippen LogP contribution in [0.15, 0.2) is 61.7 Å². The molecule has 25 heavy (non-hydrogen) atoms. The Morgan fingerprint density at radius 3 is 1.64 bits per heavy atom. The zero-order valence-electron chi connectivity index (χ0n) is 13.3. The molecular formula is C18H16N6Pt. The molecule has 4 heterocycles. The van der Waals surface area contributed by atoms with Gasteiger partial charge in [0.25, 0.3) is 0 Å². The van der Waals surface area contributed by atoms with Gasteiger partial charge in [0.2, 0.25) is 0 Å². The molecule has 2 aliphatic heterocycles. The summed E-state index contributed by atoms with van der Waals surface area (Å²) in [6.45, 7) is 5.83. The molecule has 0 N–H and O–H groups in total. The Bertz CT molecular complexity index is 657. The molecule has 0 aliphatic carbocycles. The number of anilines is 2. The number of hydrogen-bond acceptors (Lipinski definition) is 6. The van der Waals surface area contributed by atoms with Gasteiger partial charge in [-0.3, -0.25) is 0 Å². The van der Waals surface area contributed by atoms with Gasteiger partial charge in [-0.2, -0.15) is 37.6 Å². The van der Waals surface area contributed by atoms with Gasteiger partial charge >= 0.3 is 21.1 Å². The van der Waals surface area contributed by atoms with Gasteiger partial charge in [-0.05, 0) is 24.8 Å². The first-order chi connectivity index (χ1) is 11.9. The van der Waals surface area contributed by atoms with Crippen LogP contribution in [0.3, 0.4) is 0 Å².